The molecule has 1 aromatic heterocycles. The molecule has 0 saturated carbocycles. The molecule has 0 spiro atoms. The van der Waals surface area contributed by atoms with Crippen molar-refractivity contribution in [2.24, 2.45) is 7.05 Å². The topological polar surface area (TPSA) is 92.4 Å². The standard InChI is InChI=1S/C16H17N3O4S/c1-4-23-16(20)15-9-14(11-18(15)2)24(21,22)19(3)13-7-5-12(10-17)6-8-13/h5-9,11H,4H2,1-3H3. The van der Waals surface area contributed by atoms with Crippen LogP contribution in [0.3, 0.4) is 0 Å². The summed E-state index contributed by atoms with van der Waals surface area (Å²) in [7, 11) is -0.853. The minimum absolute atomic E-state index is 0.0140. The molecule has 0 aliphatic rings. The Balaban J connectivity index is 2.37. The van der Waals surface area contributed by atoms with Crippen LogP contribution < -0.4 is 4.31 Å². The Labute approximate surface area is 140 Å². The van der Waals surface area contributed by atoms with Crippen molar-refractivity contribution >= 4 is 21.7 Å². The number of sulfonamides is 1. The van der Waals surface area contributed by atoms with E-state index in [9.17, 15) is 13.2 Å². The van der Waals surface area contributed by atoms with Crippen LogP contribution in [0.25, 0.3) is 0 Å². The smallest absolute Gasteiger partial charge is 0.354 e. The Morgan fingerprint density at radius 2 is 1.96 bits per heavy atom. The van der Waals surface area contributed by atoms with E-state index in [0.29, 0.717) is 11.3 Å². The number of nitriles is 1. The molecular weight excluding hydrogens is 330 g/mol. The van der Waals surface area contributed by atoms with Crippen molar-refractivity contribution in [3.63, 3.8) is 0 Å². The summed E-state index contributed by atoms with van der Waals surface area (Å²) in [4.78, 5) is 11.8. The molecule has 1 heterocycles. The predicted molar refractivity (Wildman–Crippen MR) is 88.1 cm³/mol. The Hall–Kier alpha value is -2.79. The Morgan fingerprint density at radius 1 is 1.33 bits per heavy atom. The minimum atomic E-state index is -3.84. The highest BCUT2D eigenvalue weighted by Gasteiger charge is 2.25. The number of carbonyl (C=O) groups excluding carboxylic acids is 1. The molecule has 0 fully saturated rings. The van der Waals surface area contributed by atoms with E-state index >= 15 is 0 Å². The highest BCUT2D eigenvalue weighted by molar-refractivity contribution is 7.92. The molecule has 0 radical (unpaired) electrons. The van der Waals surface area contributed by atoms with Gasteiger partial charge in [-0.3, -0.25) is 4.31 Å². The summed E-state index contributed by atoms with van der Waals surface area (Å²) in [5.41, 5.74) is 1.01. The first-order chi connectivity index (χ1) is 11.3. The molecule has 8 heteroatoms. The second-order valence-corrected chi connectivity index (χ2v) is 6.99. The van der Waals surface area contributed by atoms with E-state index in [-0.39, 0.29) is 17.2 Å². The Kier molecular flexibility index (Phi) is 4.95. The molecule has 0 N–H and O–H groups in total. The lowest BCUT2D eigenvalue weighted by Crippen LogP contribution is -2.26. The number of benzene rings is 1. The van der Waals surface area contributed by atoms with Gasteiger partial charge in [-0.25, -0.2) is 13.2 Å². The summed E-state index contributed by atoms with van der Waals surface area (Å²) in [6.07, 6.45) is 1.36. The van der Waals surface area contributed by atoms with Crippen LogP contribution >= 0.6 is 0 Å². The molecule has 126 valence electrons. The number of nitrogens with zero attached hydrogens (tertiary/aromatic N) is 3. The zero-order valence-electron chi connectivity index (χ0n) is 13.6. The predicted octanol–water partition coefficient (Wildman–Crippen LogP) is 1.90. The zero-order valence-corrected chi connectivity index (χ0v) is 14.4. The van der Waals surface area contributed by atoms with E-state index in [1.165, 1.54) is 36.0 Å². The number of rotatable bonds is 5. The monoisotopic (exact) mass is 347 g/mol. The first-order valence-corrected chi connectivity index (χ1v) is 8.57. The van der Waals surface area contributed by atoms with Gasteiger partial charge in [0.25, 0.3) is 10.0 Å². The summed E-state index contributed by atoms with van der Waals surface area (Å²) in [5.74, 6) is -0.581. The van der Waals surface area contributed by atoms with E-state index in [2.05, 4.69) is 0 Å². The van der Waals surface area contributed by atoms with Gasteiger partial charge < -0.3 is 9.30 Å². The maximum atomic E-state index is 12.7. The number of anilines is 1. The van der Waals surface area contributed by atoms with E-state index in [1.54, 1.807) is 26.1 Å². The summed E-state index contributed by atoms with van der Waals surface area (Å²) in [6, 6.07) is 9.43. The maximum Gasteiger partial charge on any atom is 0.354 e. The molecule has 2 aromatic rings. The van der Waals surface area contributed by atoms with Gasteiger partial charge in [-0.2, -0.15) is 5.26 Å². The zero-order chi connectivity index (χ0) is 17.9. The van der Waals surface area contributed by atoms with Gasteiger partial charge >= 0.3 is 5.97 Å². The molecule has 0 atom stereocenters. The minimum Gasteiger partial charge on any atom is -0.461 e. The quantitative estimate of drug-likeness (QED) is 0.770. The first kappa shape index (κ1) is 17.6. The van der Waals surface area contributed by atoms with Crippen LogP contribution in [-0.4, -0.2) is 32.6 Å². The van der Waals surface area contributed by atoms with Crippen LogP contribution in [0.15, 0.2) is 41.4 Å². The van der Waals surface area contributed by atoms with E-state index in [0.717, 1.165) is 4.31 Å². The largest absolute Gasteiger partial charge is 0.461 e. The lowest BCUT2D eigenvalue weighted by molar-refractivity contribution is 0.0515. The lowest BCUT2D eigenvalue weighted by atomic mass is 10.2. The third-order valence-electron chi connectivity index (χ3n) is 3.48. The first-order valence-electron chi connectivity index (χ1n) is 7.13. The molecule has 0 unspecified atom stereocenters. The molecule has 2 rings (SSSR count). The van der Waals surface area contributed by atoms with Crippen molar-refractivity contribution in [1.29, 1.82) is 5.26 Å². The number of esters is 1. The van der Waals surface area contributed by atoms with Gasteiger partial charge in [0.15, 0.2) is 0 Å². The molecule has 0 bridgehead atoms. The van der Waals surface area contributed by atoms with Crippen LogP contribution in [0.1, 0.15) is 23.0 Å². The lowest BCUT2D eigenvalue weighted by Gasteiger charge is -2.18. The normalized spacial score (nSPS) is 10.9. The van der Waals surface area contributed by atoms with Crippen molar-refractivity contribution in [1.82, 2.24) is 4.57 Å². The molecule has 1 aromatic carbocycles. The van der Waals surface area contributed by atoms with Gasteiger partial charge in [-0.05, 0) is 37.3 Å². The summed E-state index contributed by atoms with van der Waals surface area (Å²) in [5, 5.41) is 8.81. The second-order valence-electron chi connectivity index (χ2n) is 5.02. The molecular formula is C16H17N3O4S. The van der Waals surface area contributed by atoms with Crippen LogP contribution in [0.2, 0.25) is 0 Å². The van der Waals surface area contributed by atoms with Crippen LogP contribution in [0.5, 0.6) is 0 Å². The van der Waals surface area contributed by atoms with Gasteiger partial charge in [0.2, 0.25) is 0 Å². The Bertz CT molecular complexity index is 892. The molecule has 0 amide bonds. The molecule has 0 aliphatic heterocycles. The fourth-order valence-electron chi connectivity index (χ4n) is 2.13. The van der Waals surface area contributed by atoms with Gasteiger partial charge in [0, 0.05) is 20.3 Å². The van der Waals surface area contributed by atoms with Crippen LogP contribution in [0, 0.1) is 11.3 Å². The highest BCUT2D eigenvalue weighted by atomic mass is 32.2. The molecule has 0 aliphatic carbocycles. The van der Waals surface area contributed by atoms with Gasteiger partial charge in [-0.1, -0.05) is 0 Å². The number of aromatic nitrogens is 1. The Morgan fingerprint density at radius 3 is 2.50 bits per heavy atom. The molecule has 0 saturated heterocycles. The van der Waals surface area contributed by atoms with Crippen LogP contribution in [-0.2, 0) is 21.8 Å². The van der Waals surface area contributed by atoms with Gasteiger partial charge in [0.1, 0.15) is 10.6 Å². The maximum absolute atomic E-state index is 12.7. The van der Waals surface area contributed by atoms with Crippen LogP contribution in [0.4, 0.5) is 5.69 Å². The van der Waals surface area contributed by atoms with Gasteiger partial charge in [0.05, 0.1) is 23.9 Å². The highest BCUT2D eigenvalue weighted by Crippen LogP contribution is 2.24. The van der Waals surface area contributed by atoms with E-state index in [1.807, 2.05) is 6.07 Å². The van der Waals surface area contributed by atoms with Crippen molar-refractivity contribution in [3.8, 4) is 6.07 Å². The number of hydrogen-bond donors (Lipinski definition) is 0. The second kappa shape index (κ2) is 6.76. The molecule has 24 heavy (non-hydrogen) atoms. The summed E-state index contributed by atoms with van der Waals surface area (Å²) >= 11 is 0. The van der Waals surface area contributed by atoms with Crippen molar-refractivity contribution in [2.75, 3.05) is 18.0 Å². The van der Waals surface area contributed by atoms with E-state index in [4.69, 9.17) is 10.00 Å². The third kappa shape index (κ3) is 3.26. The van der Waals surface area contributed by atoms with Crippen molar-refractivity contribution in [3.05, 3.63) is 47.8 Å². The van der Waals surface area contributed by atoms with Crippen molar-refractivity contribution < 1.29 is 17.9 Å². The summed E-state index contributed by atoms with van der Waals surface area (Å²) in [6.45, 7) is 1.88. The third-order valence-corrected chi connectivity index (χ3v) is 5.23. The fourth-order valence-corrected chi connectivity index (χ4v) is 3.39. The van der Waals surface area contributed by atoms with Gasteiger partial charge in [-0.15, -0.1) is 0 Å². The number of aryl methyl sites for hydroxylation is 1. The fraction of sp³-hybridized carbons (Fsp3) is 0.250. The molecule has 7 nitrogen and oxygen atoms in total. The average Bonchev–Trinajstić information content (AvgIpc) is 2.97. The summed E-state index contributed by atoms with van der Waals surface area (Å²) < 4.78 is 32.9. The number of carbonyl (C=O) groups is 1. The number of hydrogen-bond acceptors (Lipinski definition) is 5. The number of ether oxygens (including phenoxy) is 1. The average molecular weight is 347 g/mol. The SMILES string of the molecule is CCOC(=O)c1cc(S(=O)(=O)N(C)c2ccc(C#N)cc2)cn1C. The van der Waals surface area contributed by atoms with E-state index < -0.39 is 16.0 Å². The van der Waals surface area contributed by atoms with Crippen molar-refractivity contribution in [2.45, 2.75) is 11.8 Å².